The van der Waals surface area contributed by atoms with Gasteiger partial charge in [0.05, 0.1) is 11.0 Å². The number of aromatic nitrogens is 3. The maximum atomic E-state index is 12.3. The van der Waals surface area contributed by atoms with Crippen LogP contribution < -0.4 is 5.32 Å². The van der Waals surface area contributed by atoms with Gasteiger partial charge in [-0.05, 0) is 55.0 Å². The van der Waals surface area contributed by atoms with Crippen molar-refractivity contribution in [3.05, 3.63) is 84.4 Å². The lowest BCUT2D eigenvalue weighted by molar-refractivity contribution is 0.0953. The third-order valence-corrected chi connectivity index (χ3v) is 4.35. The van der Waals surface area contributed by atoms with Crippen LogP contribution in [0.3, 0.4) is 0 Å². The van der Waals surface area contributed by atoms with Crippen LogP contribution in [0.25, 0.3) is 16.7 Å². The summed E-state index contributed by atoms with van der Waals surface area (Å²) in [5.74, 6) is 0.908. The lowest BCUT2D eigenvalue weighted by atomic mass is 10.2. The molecule has 0 aliphatic carbocycles. The van der Waals surface area contributed by atoms with Crippen molar-refractivity contribution in [1.29, 1.82) is 0 Å². The normalized spacial score (nSPS) is 10.9. The first kappa shape index (κ1) is 16.1. The van der Waals surface area contributed by atoms with Crippen molar-refractivity contribution in [1.82, 2.24) is 19.9 Å². The van der Waals surface area contributed by atoms with E-state index < -0.39 is 0 Å². The topological polar surface area (TPSA) is 62.7 Å². The minimum absolute atomic E-state index is 0.0475. The van der Waals surface area contributed by atoms with Crippen molar-refractivity contribution in [3.8, 4) is 5.69 Å². The second kappa shape index (κ2) is 7.27. The van der Waals surface area contributed by atoms with Gasteiger partial charge in [-0.1, -0.05) is 12.1 Å². The third-order valence-electron chi connectivity index (χ3n) is 4.35. The summed E-state index contributed by atoms with van der Waals surface area (Å²) in [6.45, 7) is 0.620. The lowest BCUT2D eigenvalue weighted by Crippen LogP contribution is -2.24. The van der Waals surface area contributed by atoms with Crippen molar-refractivity contribution in [2.45, 2.75) is 12.8 Å². The molecule has 130 valence electrons. The molecular weight excluding hydrogens is 324 g/mol. The number of fused-ring (bicyclic) bond motifs is 1. The molecule has 0 spiro atoms. The van der Waals surface area contributed by atoms with E-state index in [-0.39, 0.29) is 5.91 Å². The van der Waals surface area contributed by atoms with Crippen molar-refractivity contribution >= 4 is 16.9 Å². The monoisotopic (exact) mass is 344 g/mol. The summed E-state index contributed by atoms with van der Waals surface area (Å²) in [5.41, 5.74) is 3.74. The molecule has 4 rings (SSSR count). The van der Waals surface area contributed by atoms with E-state index in [1.807, 2.05) is 77.6 Å². The minimum Gasteiger partial charge on any atom is -0.352 e. The number of rotatable bonds is 6. The first-order valence-electron chi connectivity index (χ1n) is 8.75. The van der Waals surface area contributed by atoms with Crippen LogP contribution in [-0.2, 0) is 6.42 Å². The van der Waals surface area contributed by atoms with Crippen molar-refractivity contribution in [2.24, 2.45) is 0 Å². The van der Waals surface area contributed by atoms with Crippen LogP contribution in [0.5, 0.6) is 0 Å². The van der Waals surface area contributed by atoms with Gasteiger partial charge < -0.3 is 14.9 Å². The Balaban J connectivity index is 1.28. The molecule has 4 aromatic rings. The summed E-state index contributed by atoms with van der Waals surface area (Å²) in [6.07, 6.45) is 5.61. The fourth-order valence-corrected chi connectivity index (χ4v) is 2.98. The van der Waals surface area contributed by atoms with Crippen LogP contribution in [0.4, 0.5) is 0 Å². The molecule has 5 nitrogen and oxygen atoms in total. The van der Waals surface area contributed by atoms with E-state index in [0.717, 1.165) is 35.4 Å². The van der Waals surface area contributed by atoms with E-state index in [4.69, 9.17) is 0 Å². The summed E-state index contributed by atoms with van der Waals surface area (Å²) in [6, 6.07) is 19.5. The van der Waals surface area contributed by atoms with Gasteiger partial charge in [0.15, 0.2) is 0 Å². The predicted molar refractivity (Wildman–Crippen MR) is 103 cm³/mol. The number of amides is 1. The van der Waals surface area contributed by atoms with E-state index in [1.165, 1.54) is 0 Å². The molecule has 0 fully saturated rings. The zero-order chi connectivity index (χ0) is 17.8. The molecule has 0 aliphatic heterocycles. The second-order valence-corrected chi connectivity index (χ2v) is 6.20. The fourth-order valence-electron chi connectivity index (χ4n) is 2.98. The summed E-state index contributed by atoms with van der Waals surface area (Å²) in [5, 5.41) is 2.97. The van der Waals surface area contributed by atoms with Gasteiger partial charge in [-0.25, -0.2) is 4.98 Å². The van der Waals surface area contributed by atoms with Crippen LogP contribution in [0.2, 0.25) is 0 Å². The SMILES string of the molecule is O=C(NCCCc1nc2ccccc2[nH]1)c1ccc(-n2cccc2)cc1. The predicted octanol–water partition coefficient (Wildman–Crippen LogP) is 3.72. The Morgan fingerprint density at radius 2 is 1.77 bits per heavy atom. The molecule has 2 N–H and O–H groups in total. The largest absolute Gasteiger partial charge is 0.352 e. The molecule has 0 atom stereocenters. The van der Waals surface area contributed by atoms with Crippen LogP contribution in [0.1, 0.15) is 22.6 Å². The van der Waals surface area contributed by atoms with E-state index in [1.54, 1.807) is 0 Å². The molecule has 0 aliphatic rings. The van der Waals surface area contributed by atoms with E-state index in [9.17, 15) is 4.79 Å². The van der Waals surface area contributed by atoms with Crippen LogP contribution >= 0.6 is 0 Å². The first-order chi connectivity index (χ1) is 12.8. The standard InChI is InChI=1S/C21H20N4O/c26-21(16-9-11-17(12-10-16)25-14-3-4-15-25)22-13-5-8-20-23-18-6-1-2-7-19(18)24-20/h1-4,6-7,9-12,14-15H,5,8,13H2,(H,22,26)(H,23,24). The molecule has 2 heterocycles. The zero-order valence-corrected chi connectivity index (χ0v) is 14.4. The molecule has 0 saturated carbocycles. The Hall–Kier alpha value is -3.34. The molecule has 0 unspecified atom stereocenters. The summed E-state index contributed by atoms with van der Waals surface area (Å²) < 4.78 is 2.01. The van der Waals surface area contributed by atoms with Crippen LogP contribution in [0, 0.1) is 0 Å². The van der Waals surface area contributed by atoms with E-state index >= 15 is 0 Å². The molecule has 0 radical (unpaired) electrons. The van der Waals surface area contributed by atoms with Gasteiger partial charge >= 0.3 is 0 Å². The van der Waals surface area contributed by atoms with Crippen LogP contribution in [-0.4, -0.2) is 27.0 Å². The number of H-pyrrole nitrogens is 1. The molecule has 0 saturated heterocycles. The highest BCUT2D eigenvalue weighted by Crippen LogP contribution is 2.12. The highest BCUT2D eigenvalue weighted by molar-refractivity contribution is 5.94. The number of nitrogens with one attached hydrogen (secondary N) is 2. The quantitative estimate of drug-likeness (QED) is 0.524. The number of benzene rings is 2. The maximum absolute atomic E-state index is 12.3. The highest BCUT2D eigenvalue weighted by Gasteiger charge is 2.06. The van der Waals surface area contributed by atoms with Gasteiger partial charge in [-0.15, -0.1) is 0 Å². The van der Waals surface area contributed by atoms with Gasteiger partial charge in [0.2, 0.25) is 0 Å². The first-order valence-corrected chi connectivity index (χ1v) is 8.75. The average Bonchev–Trinajstić information content (AvgIpc) is 3.34. The maximum Gasteiger partial charge on any atom is 0.251 e. The summed E-state index contributed by atoms with van der Waals surface area (Å²) in [4.78, 5) is 20.1. The van der Waals surface area contributed by atoms with Gasteiger partial charge in [-0.2, -0.15) is 0 Å². The summed E-state index contributed by atoms with van der Waals surface area (Å²) >= 11 is 0. The Bertz CT molecular complexity index is 967. The number of aryl methyl sites for hydroxylation is 1. The number of carbonyl (C=O) groups excluding carboxylic acids is 1. The van der Waals surface area contributed by atoms with Crippen molar-refractivity contribution < 1.29 is 4.79 Å². The Morgan fingerprint density at radius 3 is 2.54 bits per heavy atom. The zero-order valence-electron chi connectivity index (χ0n) is 14.4. The molecular formula is C21H20N4O. The smallest absolute Gasteiger partial charge is 0.251 e. The number of hydrogen-bond donors (Lipinski definition) is 2. The molecule has 2 aromatic heterocycles. The Morgan fingerprint density at radius 1 is 1.00 bits per heavy atom. The van der Waals surface area contributed by atoms with Crippen LogP contribution in [0.15, 0.2) is 73.1 Å². The average molecular weight is 344 g/mol. The number of nitrogens with zero attached hydrogens (tertiary/aromatic N) is 2. The van der Waals surface area contributed by atoms with Crippen molar-refractivity contribution in [3.63, 3.8) is 0 Å². The molecule has 26 heavy (non-hydrogen) atoms. The molecule has 5 heteroatoms. The number of hydrogen-bond acceptors (Lipinski definition) is 2. The lowest BCUT2D eigenvalue weighted by Gasteiger charge is -2.06. The van der Waals surface area contributed by atoms with Gasteiger partial charge in [0.25, 0.3) is 5.91 Å². The van der Waals surface area contributed by atoms with Crippen molar-refractivity contribution in [2.75, 3.05) is 6.54 Å². The molecule has 2 aromatic carbocycles. The van der Waals surface area contributed by atoms with E-state index in [0.29, 0.717) is 12.1 Å². The van der Waals surface area contributed by atoms with E-state index in [2.05, 4.69) is 15.3 Å². The number of aromatic amines is 1. The fraction of sp³-hybridized carbons (Fsp3) is 0.143. The second-order valence-electron chi connectivity index (χ2n) is 6.20. The Kier molecular flexibility index (Phi) is 4.51. The summed E-state index contributed by atoms with van der Waals surface area (Å²) in [7, 11) is 0. The van der Waals surface area contributed by atoms with Gasteiger partial charge in [0.1, 0.15) is 5.82 Å². The van der Waals surface area contributed by atoms with Gasteiger partial charge in [-0.3, -0.25) is 4.79 Å². The molecule has 0 bridgehead atoms. The van der Waals surface area contributed by atoms with Gasteiger partial charge in [0, 0.05) is 36.6 Å². The third kappa shape index (κ3) is 3.52. The highest BCUT2D eigenvalue weighted by atomic mass is 16.1. The minimum atomic E-state index is -0.0475. The number of para-hydroxylation sites is 2. The Labute approximate surface area is 151 Å². The molecule has 1 amide bonds. The number of imidazole rings is 1. The number of carbonyl (C=O) groups is 1.